The van der Waals surface area contributed by atoms with E-state index < -0.39 is 10.0 Å². The minimum atomic E-state index is -3.22. The first-order valence-corrected chi connectivity index (χ1v) is 9.95. The molecule has 0 radical (unpaired) electrons. The van der Waals surface area contributed by atoms with Gasteiger partial charge in [-0.05, 0) is 37.7 Å². The van der Waals surface area contributed by atoms with Gasteiger partial charge >= 0.3 is 0 Å². The molecule has 1 aromatic heterocycles. The molecule has 2 aliphatic rings. The highest BCUT2D eigenvalue weighted by molar-refractivity contribution is 7.89. The molecule has 3 heterocycles. The number of nitrogens with zero attached hydrogens (tertiary/aromatic N) is 2. The first-order valence-electron chi connectivity index (χ1n) is 8.30. The van der Waals surface area contributed by atoms with Crippen molar-refractivity contribution in [3.8, 4) is 0 Å². The normalized spacial score (nSPS) is 22.9. The van der Waals surface area contributed by atoms with E-state index in [4.69, 9.17) is 9.47 Å². The molecule has 1 N–H and O–H groups in total. The lowest BCUT2D eigenvalue weighted by molar-refractivity contribution is 0.0424. The van der Waals surface area contributed by atoms with Crippen LogP contribution in [-0.2, 0) is 32.5 Å². The molecule has 0 aliphatic carbocycles. The Bertz CT molecular complexity index is 623. The minimum absolute atomic E-state index is 0.0742. The van der Waals surface area contributed by atoms with Gasteiger partial charge < -0.3 is 9.47 Å². The van der Waals surface area contributed by atoms with E-state index in [2.05, 4.69) is 16.0 Å². The third-order valence-electron chi connectivity index (χ3n) is 4.52. The number of sulfonamides is 1. The van der Waals surface area contributed by atoms with Crippen LogP contribution in [0.25, 0.3) is 0 Å². The molecule has 1 fully saturated rings. The molecule has 1 atom stereocenters. The maximum Gasteiger partial charge on any atom is 0.211 e. The van der Waals surface area contributed by atoms with E-state index in [-0.39, 0.29) is 18.4 Å². The van der Waals surface area contributed by atoms with Gasteiger partial charge in [-0.2, -0.15) is 5.10 Å². The zero-order valence-electron chi connectivity index (χ0n) is 13.5. The lowest BCUT2D eigenvalue weighted by Gasteiger charge is -2.22. The Balaban J connectivity index is 1.66. The van der Waals surface area contributed by atoms with Gasteiger partial charge in [0.2, 0.25) is 10.0 Å². The predicted octanol–water partition coefficient (Wildman–Crippen LogP) is 0.863. The van der Waals surface area contributed by atoms with Crippen LogP contribution < -0.4 is 4.72 Å². The number of rotatable bonds is 6. The summed E-state index contributed by atoms with van der Waals surface area (Å²) in [6, 6.07) is 0. The van der Waals surface area contributed by atoms with E-state index in [0.717, 1.165) is 44.7 Å². The molecule has 1 saturated heterocycles. The number of hydrogen-bond donors (Lipinski definition) is 1. The molecule has 1 aromatic rings. The van der Waals surface area contributed by atoms with Crippen molar-refractivity contribution in [2.45, 2.75) is 38.8 Å². The summed E-state index contributed by atoms with van der Waals surface area (Å²) in [5.74, 6) is 0.674. The molecule has 0 amide bonds. The highest BCUT2D eigenvalue weighted by Crippen LogP contribution is 2.26. The van der Waals surface area contributed by atoms with Gasteiger partial charge in [0, 0.05) is 32.5 Å². The fourth-order valence-corrected chi connectivity index (χ4v) is 3.69. The zero-order chi connectivity index (χ0) is 16.3. The molecule has 0 bridgehead atoms. The van der Waals surface area contributed by atoms with Crippen LogP contribution >= 0.6 is 0 Å². The van der Waals surface area contributed by atoms with Gasteiger partial charge in [-0.25, -0.2) is 13.1 Å². The van der Waals surface area contributed by atoms with Gasteiger partial charge in [0.05, 0.1) is 18.1 Å². The Hall–Kier alpha value is -0.960. The van der Waals surface area contributed by atoms with Crippen LogP contribution in [0, 0.1) is 5.92 Å². The SMILES string of the molecule is CCS(=O)(=O)NC[C@H]1OCCc2cn(CC3CCOCC3)nc21. The Labute approximate surface area is 137 Å². The smallest absolute Gasteiger partial charge is 0.211 e. The van der Waals surface area contributed by atoms with Crippen LogP contribution in [0.15, 0.2) is 6.20 Å². The van der Waals surface area contributed by atoms with Crippen molar-refractivity contribution in [1.82, 2.24) is 14.5 Å². The number of nitrogens with one attached hydrogen (secondary N) is 1. The van der Waals surface area contributed by atoms with Gasteiger partial charge in [0.15, 0.2) is 0 Å². The third kappa shape index (κ3) is 4.32. The summed E-state index contributed by atoms with van der Waals surface area (Å²) in [6.45, 7) is 5.03. The lowest BCUT2D eigenvalue weighted by Crippen LogP contribution is -2.32. The average molecular weight is 343 g/mol. The predicted molar refractivity (Wildman–Crippen MR) is 85.6 cm³/mol. The number of hydrogen-bond acceptors (Lipinski definition) is 5. The van der Waals surface area contributed by atoms with Gasteiger partial charge in [0.1, 0.15) is 6.10 Å². The van der Waals surface area contributed by atoms with Crippen molar-refractivity contribution in [2.75, 3.05) is 32.1 Å². The Morgan fingerprint density at radius 1 is 1.35 bits per heavy atom. The van der Waals surface area contributed by atoms with Crippen molar-refractivity contribution in [3.05, 3.63) is 17.5 Å². The summed E-state index contributed by atoms with van der Waals surface area (Å²) in [5.41, 5.74) is 2.05. The molecule has 0 unspecified atom stereocenters. The van der Waals surface area contributed by atoms with Crippen molar-refractivity contribution < 1.29 is 17.9 Å². The van der Waals surface area contributed by atoms with E-state index in [9.17, 15) is 8.42 Å². The second kappa shape index (κ2) is 7.29. The lowest BCUT2D eigenvalue weighted by atomic mass is 10.0. The molecular formula is C15H25N3O4S. The van der Waals surface area contributed by atoms with Crippen LogP contribution in [0.2, 0.25) is 0 Å². The summed E-state index contributed by atoms with van der Waals surface area (Å²) >= 11 is 0. The largest absolute Gasteiger partial charge is 0.381 e. The number of aromatic nitrogens is 2. The summed E-state index contributed by atoms with van der Waals surface area (Å²) < 4.78 is 38.9. The second-order valence-corrected chi connectivity index (χ2v) is 8.27. The Morgan fingerprint density at radius 2 is 2.13 bits per heavy atom. The van der Waals surface area contributed by atoms with Crippen molar-refractivity contribution in [3.63, 3.8) is 0 Å². The van der Waals surface area contributed by atoms with Gasteiger partial charge in [-0.15, -0.1) is 0 Å². The highest BCUT2D eigenvalue weighted by Gasteiger charge is 2.26. The zero-order valence-corrected chi connectivity index (χ0v) is 14.3. The van der Waals surface area contributed by atoms with Gasteiger partial charge in [-0.3, -0.25) is 4.68 Å². The molecule has 0 spiro atoms. The van der Waals surface area contributed by atoms with Crippen molar-refractivity contribution >= 4 is 10.0 Å². The molecule has 130 valence electrons. The Morgan fingerprint density at radius 3 is 2.87 bits per heavy atom. The molecule has 8 heteroatoms. The summed E-state index contributed by atoms with van der Waals surface area (Å²) in [6.07, 6.45) is 4.77. The Kier molecular flexibility index (Phi) is 5.35. The molecule has 7 nitrogen and oxygen atoms in total. The van der Waals surface area contributed by atoms with E-state index in [0.29, 0.717) is 12.5 Å². The molecule has 2 aliphatic heterocycles. The van der Waals surface area contributed by atoms with Crippen molar-refractivity contribution in [2.24, 2.45) is 5.92 Å². The standard InChI is InChI=1S/C15H25N3O4S/c1-2-23(19,20)16-9-14-15-13(5-8-22-14)11-18(17-15)10-12-3-6-21-7-4-12/h11-12,14,16H,2-10H2,1H3/t14-/m1/s1. The van der Waals surface area contributed by atoms with Crippen molar-refractivity contribution in [1.29, 1.82) is 0 Å². The quantitative estimate of drug-likeness (QED) is 0.828. The fourth-order valence-electron chi connectivity index (χ4n) is 3.08. The van der Waals surface area contributed by atoms with Gasteiger partial charge in [-0.1, -0.05) is 0 Å². The fraction of sp³-hybridized carbons (Fsp3) is 0.800. The average Bonchev–Trinajstić information content (AvgIpc) is 2.97. The molecule has 0 saturated carbocycles. The third-order valence-corrected chi connectivity index (χ3v) is 5.89. The molecular weight excluding hydrogens is 318 g/mol. The van der Waals surface area contributed by atoms with E-state index in [1.165, 1.54) is 5.56 Å². The summed E-state index contributed by atoms with van der Waals surface area (Å²) in [7, 11) is -3.22. The molecule has 23 heavy (non-hydrogen) atoms. The highest BCUT2D eigenvalue weighted by atomic mass is 32.2. The first kappa shape index (κ1) is 16.9. The summed E-state index contributed by atoms with van der Waals surface area (Å²) in [4.78, 5) is 0. The van der Waals surface area contributed by atoms with Crippen LogP contribution in [0.5, 0.6) is 0 Å². The molecule has 3 rings (SSSR count). The van der Waals surface area contributed by atoms with Crippen LogP contribution in [-0.4, -0.2) is 50.3 Å². The van der Waals surface area contributed by atoms with E-state index in [1.807, 2.05) is 4.68 Å². The molecule has 0 aromatic carbocycles. The van der Waals surface area contributed by atoms with Crippen LogP contribution in [0.1, 0.15) is 37.1 Å². The van der Waals surface area contributed by atoms with E-state index in [1.54, 1.807) is 6.92 Å². The van der Waals surface area contributed by atoms with E-state index >= 15 is 0 Å². The van der Waals surface area contributed by atoms with Crippen LogP contribution in [0.3, 0.4) is 0 Å². The maximum absolute atomic E-state index is 11.6. The topological polar surface area (TPSA) is 82.5 Å². The van der Waals surface area contributed by atoms with Gasteiger partial charge in [0.25, 0.3) is 0 Å². The minimum Gasteiger partial charge on any atom is -0.381 e. The second-order valence-electron chi connectivity index (χ2n) is 6.18. The maximum atomic E-state index is 11.6. The van der Waals surface area contributed by atoms with Crippen LogP contribution in [0.4, 0.5) is 0 Å². The monoisotopic (exact) mass is 343 g/mol. The number of ether oxygens (including phenoxy) is 2. The number of fused-ring (bicyclic) bond motifs is 1. The summed E-state index contributed by atoms with van der Waals surface area (Å²) in [5, 5.41) is 4.67. The first-order chi connectivity index (χ1) is 11.1.